The maximum absolute atomic E-state index is 12.1. The lowest BCUT2D eigenvalue weighted by atomic mass is 9.97. The monoisotopic (exact) mass is 317 g/mol. The molecule has 0 bridgehead atoms. The van der Waals surface area contributed by atoms with E-state index in [9.17, 15) is 14.7 Å². The van der Waals surface area contributed by atoms with E-state index in [1.807, 2.05) is 45.2 Å². The summed E-state index contributed by atoms with van der Waals surface area (Å²) in [4.78, 5) is 23.3. The summed E-state index contributed by atoms with van der Waals surface area (Å²) >= 11 is 0. The first-order valence-corrected chi connectivity index (χ1v) is 7.78. The van der Waals surface area contributed by atoms with Gasteiger partial charge in [0.1, 0.15) is 0 Å². The van der Waals surface area contributed by atoms with Crippen LogP contribution in [-0.4, -0.2) is 33.3 Å². The molecule has 1 atom stereocenters. The molecule has 1 aromatic carbocycles. The zero-order valence-corrected chi connectivity index (χ0v) is 13.7. The largest absolute Gasteiger partial charge is 0.481 e. The average molecular weight is 317 g/mol. The summed E-state index contributed by atoms with van der Waals surface area (Å²) < 4.78 is 1.75. The average Bonchev–Trinajstić information content (AvgIpc) is 2.80. The standard InChI is InChI=1S/C17H23N3O3/c1-11(2)8-12(17(22)23)10-18-16(21)9-14-13-6-4-5-7-15(13)20(3)19-14/h4-7,11-12H,8-10H2,1-3H3,(H,18,21)(H,22,23). The first-order valence-electron chi connectivity index (χ1n) is 7.78. The highest BCUT2D eigenvalue weighted by Crippen LogP contribution is 2.18. The molecule has 0 aliphatic rings. The van der Waals surface area contributed by atoms with Gasteiger partial charge in [0.15, 0.2) is 0 Å². The number of para-hydroxylation sites is 1. The van der Waals surface area contributed by atoms with Gasteiger partial charge in [-0.15, -0.1) is 0 Å². The van der Waals surface area contributed by atoms with Crippen molar-refractivity contribution in [3.8, 4) is 0 Å². The molecule has 0 saturated carbocycles. The van der Waals surface area contributed by atoms with E-state index in [1.54, 1.807) is 4.68 Å². The Bertz CT molecular complexity index is 706. The van der Waals surface area contributed by atoms with Crippen molar-refractivity contribution in [2.45, 2.75) is 26.7 Å². The molecule has 0 fully saturated rings. The SMILES string of the molecule is CC(C)CC(CNC(=O)Cc1nn(C)c2ccccc12)C(=O)O. The molecule has 0 aliphatic carbocycles. The number of benzene rings is 1. The van der Waals surface area contributed by atoms with Crippen LogP contribution in [0.15, 0.2) is 24.3 Å². The van der Waals surface area contributed by atoms with Crippen LogP contribution in [0.2, 0.25) is 0 Å². The van der Waals surface area contributed by atoms with Crippen LogP contribution in [0.5, 0.6) is 0 Å². The van der Waals surface area contributed by atoms with E-state index in [1.165, 1.54) is 0 Å². The first kappa shape index (κ1) is 17.0. The highest BCUT2D eigenvalue weighted by molar-refractivity contribution is 5.87. The highest BCUT2D eigenvalue weighted by atomic mass is 16.4. The van der Waals surface area contributed by atoms with Crippen LogP contribution in [0, 0.1) is 11.8 Å². The second-order valence-electron chi connectivity index (χ2n) is 6.23. The lowest BCUT2D eigenvalue weighted by Gasteiger charge is -2.15. The molecule has 1 amide bonds. The van der Waals surface area contributed by atoms with Gasteiger partial charge in [0, 0.05) is 19.0 Å². The smallest absolute Gasteiger partial charge is 0.308 e. The van der Waals surface area contributed by atoms with Gasteiger partial charge in [0.2, 0.25) is 5.91 Å². The zero-order valence-electron chi connectivity index (χ0n) is 13.7. The minimum absolute atomic E-state index is 0.148. The normalized spacial score (nSPS) is 12.5. The van der Waals surface area contributed by atoms with Crippen molar-refractivity contribution in [2.75, 3.05) is 6.54 Å². The van der Waals surface area contributed by atoms with Gasteiger partial charge in [0.05, 0.1) is 23.5 Å². The van der Waals surface area contributed by atoms with Crippen molar-refractivity contribution >= 4 is 22.8 Å². The maximum Gasteiger partial charge on any atom is 0.308 e. The number of aromatic nitrogens is 2. The molecule has 1 unspecified atom stereocenters. The van der Waals surface area contributed by atoms with Crippen molar-refractivity contribution in [2.24, 2.45) is 18.9 Å². The minimum atomic E-state index is -0.873. The molecule has 124 valence electrons. The Kier molecular flexibility index (Phi) is 5.36. The Morgan fingerprint density at radius 2 is 2.00 bits per heavy atom. The lowest BCUT2D eigenvalue weighted by Crippen LogP contribution is -2.34. The summed E-state index contributed by atoms with van der Waals surface area (Å²) in [5, 5.41) is 17.3. The van der Waals surface area contributed by atoms with Gasteiger partial charge >= 0.3 is 5.97 Å². The van der Waals surface area contributed by atoms with Crippen LogP contribution in [0.3, 0.4) is 0 Å². The molecule has 2 aromatic rings. The van der Waals surface area contributed by atoms with Crippen LogP contribution in [0.25, 0.3) is 10.9 Å². The summed E-state index contributed by atoms with van der Waals surface area (Å²) in [5.41, 5.74) is 1.68. The van der Waals surface area contributed by atoms with Crippen LogP contribution >= 0.6 is 0 Å². The van der Waals surface area contributed by atoms with E-state index in [-0.39, 0.29) is 24.8 Å². The van der Waals surface area contributed by atoms with Gasteiger partial charge in [-0.3, -0.25) is 14.3 Å². The van der Waals surface area contributed by atoms with E-state index >= 15 is 0 Å². The second-order valence-corrected chi connectivity index (χ2v) is 6.23. The Hall–Kier alpha value is -2.37. The van der Waals surface area contributed by atoms with Crippen LogP contribution < -0.4 is 5.32 Å². The zero-order chi connectivity index (χ0) is 17.0. The van der Waals surface area contributed by atoms with Crippen LogP contribution in [-0.2, 0) is 23.1 Å². The first-order chi connectivity index (χ1) is 10.9. The Morgan fingerprint density at radius 3 is 2.65 bits per heavy atom. The van der Waals surface area contributed by atoms with Crippen LogP contribution in [0.4, 0.5) is 0 Å². The van der Waals surface area contributed by atoms with Gasteiger partial charge in [0.25, 0.3) is 0 Å². The third-order valence-electron chi connectivity index (χ3n) is 3.81. The molecule has 6 nitrogen and oxygen atoms in total. The molecule has 23 heavy (non-hydrogen) atoms. The number of aryl methyl sites for hydroxylation is 1. The number of carbonyl (C=O) groups excluding carboxylic acids is 1. The molecular weight excluding hydrogens is 294 g/mol. The predicted molar refractivity (Wildman–Crippen MR) is 88.0 cm³/mol. The molecule has 1 aromatic heterocycles. The van der Waals surface area contributed by atoms with Gasteiger partial charge in [-0.25, -0.2) is 0 Å². The second kappa shape index (κ2) is 7.26. The number of hydrogen-bond donors (Lipinski definition) is 2. The lowest BCUT2D eigenvalue weighted by molar-refractivity contribution is -0.142. The third kappa shape index (κ3) is 4.31. The topological polar surface area (TPSA) is 84.2 Å². The molecule has 1 heterocycles. The maximum atomic E-state index is 12.1. The van der Waals surface area contributed by atoms with Crippen molar-refractivity contribution in [1.82, 2.24) is 15.1 Å². The fourth-order valence-corrected chi connectivity index (χ4v) is 2.71. The summed E-state index contributed by atoms with van der Waals surface area (Å²) in [6.07, 6.45) is 0.692. The quantitative estimate of drug-likeness (QED) is 0.818. The Balaban J connectivity index is 2.00. The minimum Gasteiger partial charge on any atom is -0.481 e. The summed E-state index contributed by atoms with van der Waals surface area (Å²) in [6, 6.07) is 7.72. The van der Waals surface area contributed by atoms with E-state index in [2.05, 4.69) is 10.4 Å². The fourth-order valence-electron chi connectivity index (χ4n) is 2.71. The van der Waals surface area contributed by atoms with Crippen molar-refractivity contribution in [3.63, 3.8) is 0 Å². The number of carboxylic acid groups (broad SMARTS) is 1. The van der Waals surface area contributed by atoms with E-state index < -0.39 is 11.9 Å². The number of carbonyl (C=O) groups is 2. The summed E-state index contributed by atoms with van der Waals surface area (Å²) in [6.45, 7) is 4.09. The molecule has 2 rings (SSSR count). The fraction of sp³-hybridized carbons (Fsp3) is 0.471. The molecule has 6 heteroatoms. The predicted octanol–water partition coefficient (Wildman–Crippen LogP) is 1.98. The number of aliphatic carboxylic acids is 1. The molecule has 0 saturated heterocycles. The molecule has 2 N–H and O–H groups in total. The van der Waals surface area contributed by atoms with Gasteiger partial charge < -0.3 is 10.4 Å². The van der Waals surface area contributed by atoms with Gasteiger partial charge in [-0.05, 0) is 18.4 Å². The number of nitrogens with one attached hydrogen (secondary N) is 1. The molecule has 0 aliphatic heterocycles. The Labute approximate surface area is 135 Å². The number of fused-ring (bicyclic) bond motifs is 1. The molecule has 0 spiro atoms. The Morgan fingerprint density at radius 1 is 1.30 bits per heavy atom. The number of hydrogen-bond acceptors (Lipinski definition) is 3. The molecule has 0 radical (unpaired) electrons. The summed E-state index contributed by atoms with van der Waals surface area (Å²) in [5.74, 6) is -1.36. The van der Waals surface area contributed by atoms with Crippen molar-refractivity contribution in [3.05, 3.63) is 30.0 Å². The van der Waals surface area contributed by atoms with E-state index in [0.717, 1.165) is 10.9 Å². The van der Waals surface area contributed by atoms with Gasteiger partial charge in [-0.2, -0.15) is 5.10 Å². The molecular formula is C17H23N3O3. The van der Waals surface area contributed by atoms with E-state index in [4.69, 9.17) is 0 Å². The van der Waals surface area contributed by atoms with Crippen molar-refractivity contribution < 1.29 is 14.7 Å². The number of nitrogens with zero attached hydrogens (tertiary/aromatic N) is 2. The van der Waals surface area contributed by atoms with Crippen molar-refractivity contribution in [1.29, 1.82) is 0 Å². The van der Waals surface area contributed by atoms with E-state index in [0.29, 0.717) is 12.1 Å². The number of rotatable bonds is 7. The number of carboxylic acids is 1. The van der Waals surface area contributed by atoms with Crippen LogP contribution in [0.1, 0.15) is 26.0 Å². The highest BCUT2D eigenvalue weighted by Gasteiger charge is 2.20. The number of amides is 1. The van der Waals surface area contributed by atoms with Gasteiger partial charge in [-0.1, -0.05) is 32.0 Å². The third-order valence-corrected chi connectivity index (χ3v) is 3.81. The summed E-state index contributed by atoms with van der Waals surface area (Å²) in [7, 11) is 1.84.